The van der Waals surface area contributed by atoms with Crippen LogP contribution in [0.4, 0.5) is 0 Å². The van der Waals surface area contributed by atoms with Crippen molar-refractivity contribution in [2.75, 3.05) is 13.1 Å². The molecule has 1 aliphatic heterocycles. The molecule has 1 aromatic heterocycles. The quantitative estimate of drug-likeness (QED) is 0.735. The van der Waals surface area contributed by atoms with Crippen molar-refractivity contribution in [1.29, 1.82) is 0 Å². The lowest BCUT2D eigenvalue weighted by Crippen LogP contribution is -2.30. The number of nitrogens with zero attached hydrogens (tertiary/aromatic N) is 3. The standard InChI is InChI=1S/C19H23N3O2/c23-19(9-5-4-8-16-6-2-1-3-7-16)22-13-10-17(15-22)24-18-14-20-11-12-21-18/h1-3,6-7,11-12,14,17H,4-5,8-10,13,15H2/t17-/m1/s1. The van der Waals surface area contributed by atoms with Gasteiger partial charge in [0.05, 0.1) is 12.7 Å². The molecule has 5 nitrogen and oxygen atoms in total. The largest absolute Gasteiger partial charge is 0.471 e. The summed E-state index contributed by atoms with van der Waals surface area (Å²) in [5, 5.41) is 0. The van der Waals surface area contributed by atoms with E-state index in [2.05, 4.69) is 34.2 Å². The van der Waals surface area contributed by atoms with Crippen LogP contribution in [0.2, 0.25) is 0 Å². The molecule has 0 radical (unpaired) electrons. The van der Waals surface area contributed by atoms with Gasteiger partial charge in [0, 0.05) is 31.8 Å². The minimum atomic E-state index is 0.0231. The van der Waals surface area contributed by atoms with Crippen LogP contribution < -0.4 is 4.74 Å². The van der Waals surface area contributed by atoms with Gasteiger partial charge in [0.2, 0.25) is 11.8 Å². The van der Waals surface area contributed by atoms with Crippen molar-refractivity contribution in [3.05, 3.63) is 54.5 Å². The number of hydrogen-bond donors (Lipinski definition) is 0. The van der Waals surface area contributed by atoms with Crippen molar-refractivity contribution in [3.8, 4) is 5.88 Å². The summed E-state index contributed by atoms with van der Waals surface area (Å²) in [6, 6.07) is 10.4. The fourth-order valence-electron chi connectivity index (χ4n) is 2.98. The van der Waals surface area contributed by atoms with Crippen LogP contribution in [-0.2, 0) is 11.2 Å². The normalized spacial score (nSPS) is 17.0. The third kappa shape index (κ3) is 4.78. The minimum absolute atomic E-state index is 0.0231. The predicted octanol–water partition coefficient (Wildman–Crippen LogP) is 2.87. The molecule has 126 valence electrons. The summed E-state index contributed by atoms with van der Waals surface area (Å²) < 4.78 is 5.77. The highest BCUT2D eigenvalue weighted by molar-refractivity contribution is 5.76. The molecular weight excluding hydrogens is 302 g/mol. The average Bonchev–Trinajstić information content (AvgIpc) is 3.09. The maximum absolute atomic E-state index is 12.3. The second kappa shape index (κ2) is 8.43. The van der Waals surface area contributed by atoms with Gasteiger partial charge in [0.1, 0.15) is 6.10 Å². The molecule has 1 amide bonds. The first-order valence-corrected chi connectivity index (χ1v) is 8.55. The number of rotatable bonds is 7. The van der Waals surface area contributed by atoms with E-state index in [0.717, 1.165) is 32.2 Å². The topological polar surface area (TPSA) is 55.3 Å². The number of likely N-dealkylation sites (tertiary alicyclic amines) is 1. The molecule has 2 heterocycles. The van der Waals surface area contributed by atoms with Gasteiger partial charge in [-0.2, -0.15) is 0 Å². The zero-order valence-corrected chi connectivity index (χ0v) is 13.8. The molecule has 1 aromatic carbocycles. The van der Waals surface area contributed by atoms with Gasteiger partial charge in [-0.3, -0.25) is 9.78 Å². The number of aryl methyl sites for hydroxylation is 1. The third-order valence-electron chi connectivity index (χ3n) is 4.27. The molecule has 0 bridgehead atoms. The van der Waals surface area contributed by atoms with E-state index in [0.29, 0.717) is 18.8 Å². The molecule has 0 saturated carbocycles. The number of amides is 1. The van der Waals surface area contributed by atoms with Crippen molar-refractivity contribution < 1.29 is 9.53 Å². The van der Waals surface area contributed by atoms with Crippen molar-refractivity contribution in [3.63, 3.8) is 0 Å². The lowest BCUT2D eigenvalue weighted by atomic mass is 10.1. The van der Waals surface area contributed by atoms with Crippen LogP contribution in [-0.4, -0.2) is 40.0 Å². The summed E-state index contributed by atoms with van der Waals surface area (Å²) in [6.45, 7) is 1.41. The number of carbonyl (C=O) groups excluding carboxylic acids is 1. The van der Waals surface area contributed by atoms with Crippen LogP contribution in [0.25, 0.3) is 0 Å². The van der Waals surface area contributed by atoms with Gasteiger partial charge in [-0.15, -0.1) is 0 Å². The highest BCUT2D eigenvalue weighted by Crippen LogP contribution is 2.17. The van der Waals surface area contributed by atoms with Crippen LogP contribution >= 0.6 is 0 Å². The molecule has 1 atom stereocenters. The first-order valence-electron chi connectivity index (χ1n) is 8.55. The highest BCUT2D eigenvalue weighted by atomic mass is 16.5. The molecule has 1 saturated heterocycles. The molecule has 0 aliphatic carbocycles. The monoisotopic (exact) mass is 325 g/mol. The molecule has 1 aliphatic rings. The Hall–Kier alpha value is -2.43. The Morgan fingerprint density at radius 3 is 2.88 bits per heavy atom. The molecule has 2 aromatic rings. The van der Waals surface area contributed by atoms with E-state index in [1.165, 1.54) is 5.56 Å². The Labute approximate surface area is 142 Å². The van der Waals surface area contributed by atoms with E-state index in [1.54, 1.807) is 18.6 Å². The Bertz CT molecular complexity index is 634. The minimum Gasteiger partial charge on any atom is -0.471 e. The molecule has 0 spiro atoms. The first-order chi connectivity index (χ1) is 11.8. The van der Waals surface area contributed by atoms with Gasteiger partial charge >= 0.3 is 0 Å². The van der Waals surface area contributed by atoms with E-state index in [1.807, 2.05) is 11.0 Å². The fraction of sp³-hybridized carbons (Fsp3) is 0.421. The second-order valence-corrected chi connectivity index (χ2v) is 6.10. The van der Waals surface area contributed by atoms with E-state index >= 15 is 0 Å². The van der Waals surface area contributed by atoms with Gasteiger partial charge in [-0.05, 0) is 24.8 Å². The number of hydrogen-bond acceptors (Lipinski definition) is 4. The Balaban J connectivity index is 1.35. The lowest BCUT2D eigenvalue weighted by Gasteiger charge is -2.16. The zero-order valence-electron chi connectivity index (χ0n) is 13.8. The van der Waals surface area contributed by atoms with Crippen LogP contribution in [0.5, 0.6) is 5.88 Å². The molecule has 24 heavy (non-hydrogen) atoms. The zero-order chi connectivity index (χ0) is 16.6. The van der Waals surface area contributed by atoms with Crippen LogP contribution in [0, 0.1) is 0 Å². The summed E-state index contributed by atoms with van der Waals surface area (Å²) >= 11 is 0. The van der Waals surface area contributed by atoms with E-state index in [9.17, 15) is 4.79 Å². The van der Waals surface area contributed by atoms with Gasteiger partial charge < -0.3 is 9.64 Å². The molecule has 3 rings (SSSR count). The maximum Gasteiger partial charge on any atom is 0.232 e. The van der Waals surface area contributed by atoms with E-state index in [4.69, 9.17) is 4.74 Å². The fourth-order valence-corrected chi connectivity index (χ4v) is 2.98. The first kappa shape index (κ1) is 16.4. The number of aromatic nitrogens is 2. The highest BCUT2D eigenvalue weighted by Gasteiger charge is 2.27. The van der Waals surface area contributed by atoms with Crippen molar-refractivity contribution in [1.82, 2.24) is 14.9 Å². The Morgan fingerprint density at radius 1 is 1.21 bits per heavy atom. The number of benzene rings is 1. The predicted molar refractivity (Wildman–Crippen MR) is 91.6 cm³/mol. The second-order valence-electron chi connectivity index (χ2n) is 6.10. The molecular formula is C19H23N3O2. The maximum atomic E-state index is 12.3. The summed E-state index contributed by atoms with van der Waals surface area (Å²) in [7, 11) is 0. The summed E-state index contributed by atoms with van der Waals surface area (Å²) in [5.41, 5.74) is 1.34. The van der Waals surface area contributed by atoms with Crippen LogP contribution in [0.1, 0.15) is 31.2 Å². The Kier molecular flexibility index (Phi) is 5.77. The van der Waals surface area contributed by atoms with E-state index < -0.39 is 0 Å². The van der Waals surface area contributed by atoms with Crippen molar-refractivity contribution >= 4 is 5.91 Å². The number of carbonyl (C=O) groups is 1. The molecule has 0 unspecified atom stereocenters. The SMILES string of the molecule is O=C(CCCCc1ccccc1)N1CC[C@@H](Oc2cnccn2)C1. The van der Waals surface area contributed by atoms with Gasteiger partial charge in [0.25, 0.3) is 0 Å². The van der Waals surface area contributed by atoms with Gasteiger partial charge in [0.15, 0.2) is 0 Å². The molecule has 1 fully saturated rings. The summed E-state index contributed by atoms with van der Waals surface area (Å²) in [5.74, 6) is 0.757. The Morgan fingerprint density at radius 2 is 2.08 bits per heavy atom. The van der Waals surface area contributed by atoms with Crippen LogP contribution in [0.15, 0.2) is 48.9 Å². The van der Waals surface area contributed by atoms with Crippen molar-refractivity contribution in [2.24, 2.45) is 0 Å². The summed E-state index contributed by atoms with van der Waals surface area (Å²) in [6.07, 6.45) is 9.34. The van der Waals surface area contributed by atoms with E-state index in [-0.39, 0.29) is 12.0 Å². The van der Waals surface area contributed by atoms with Gasteiger partial charge in [-0.1, -0.05) is 30.3 Å². The van der Waals surface area contributed by atoms with Gasteiger partial charge in [-0.25, -0.2) is 4.98 Å². The third-order valence-corrected chi connectivity index (χ3v) is 4.27. The summed E-state index contributed by atoms with van der Waals surface area (Å²) in [4.78, 5) is 22.3. The van der Waals surface area contributed by atoms with Crippen LogP contribution in [0.3, 0.4) is 0 Å². The molecule has 0 N–H and O–H groups in total. The number of ether oxygens (including phenoxy) is 1. The van der Waals surface area contributed by atoms with Crippen molar-refractivity contribution in [2.45, 2.75) is 38.2 Å². The average molecular weight is 325 g/mol. The number of unbranched alkanes of at least 4 members (excludes halogenated alkanes) is 1. The molecule has 5 heteroatoms. The smallest absolute Gasteiger partial charge is 0.232 e. The lowest BCUT2D eigenvalue weighted by molar-refractivity contribution is -0.130.